The van der Waals surface area contributed by atoms with Crippen molar-refractivity contribution in [3.8, 4) is 5.75 Å². The normalized spacial score (nSPS) is 11.9. The topological polar surface area (TPSA) is 9.23 Å². The fourth-order valence-electron chi connectivity index (χ4n) is 4.53. The SMILES string of the molecule is COc1[c-]cccc1.C[C@H]([C@@H](C)P(c1ccccc1)c1ccccc1)P(c1ccccc1)c1ccccc1.[Pd+][I]. The van der Waals surface area contributed by atoms with Gasteiger partial charge in [0.2, 0.25) is 0 Å². The molecule has 5 aromatic carbocycles. The van der Waals surface area contributed by atoms with Crippen LogP contribution in [0.4, 0.5) is 0 Å². The average molecular weight is 767 g/mol. The van der Waals surface area contributed by atoms with Gasteiger partial charge in [-0.3, -0.25) is 0 Å². The monoisotopic (exact) mass is 766 g/mol. The Kier molecular flexibility index (Phi) is 15.2. The van der Waals surface area contributed by atoms with Crippen molar-refractivity contribution in [2.75, 3.05) is 7.11 Å². The first kappa shape index (κ1) is 32.7. The molecular weight excluding hydrogens is 732 g/mol. The van der Waals surface area contributed by atoms with Crippen LogP contribution in [0.5, 0.6) is 5.75 Å². The van der Waals surface area contributed by atoms with Crippen molar-refractivity contribution in [3.63, 3.8) is 0 Å². The molecule has 2 atom stereocenters. The summed E-state index contributed by atoms with van der Waals surface area (Å²) >= 11 is 4.72. The number of hydrogen-bond acceptors (Lipinski definition) is 1. The predicted molar refractivity (Wildman–Crippen MR) is 183 cm³/mol. The first-order valence-corrected chi connectivity index (χ1v) is 20.5. The van der Waals surface area contributed by atoms with E-state index in [1.54, 1.807) is 7.11 Å². The van der Waals surface area contributed by atoms with E-state index in [1.807, 2.05) is 43.8 Å². The van der Waals surface area contributed by atoms with Gasteiger partial charge in [0, 0.05) is 5.75 Å². The minimum absolute atomic E-state index is 0.448. The molecule has 0 aliphatic heterocycles. The molecule has 0 saturated carbocycles. The number of rotatable bonds is 8. The summed E-state index contributed by atoms with van der Waals surface area (Å²) in [6, 6.07) is 54.9. The fourth-order valence-corrected chi connectivity index (χ4v) is 10.6. The molecule has 0 aliphatic carbocycles. The van der Waals surface area contributed by atoms with Gasteiger partial charge in [-0.2, -0.15) is 18.2 Å². The molecule has 40 heavy (non-hydrogen) atoms. The summed E-state index contributed by atoms with van der Waals surface area (Å²) in [7, 11) is 0.734. The Balaban J connectivity index is 0.000000376. The number of ether oxygens (including phenoxy) is 1. The summed E-state index contributed by atoms with van der Waals surface area (Å²) < 4.78 is 4.86. The van der Waals surface area contributed by atoms with Crippen LogP contribution in [0.25, 0.3) is 0 Å². The molecule has 0 fully saturated rings. The van der Waals surface area contributed by atoms with Crippen LogP contribution in [0, 0.1) is 6.07 Å². The summed E-state index contributed by atoms with van der Waals surface area (Å²) in [6.07, 6.45) is 0. The quantitative estimate of drug-likeness (QED) is 0.0668. The van der Waals surface area contributed by atoms with Crippen molar-refractivity contribution in [1.29, 1.82) is 0 Å². The second-order valence-corrected chi connectivity index (χ2v) is 14.2. The summed E-state index contributed by atoms with van der Waals surface area (Å²) in [5.74, 6) is 0.785. The van der Waals surface area contributed by atoms with Crippen LogP contribution >= 0.6 is 35.4 Å². The van der Waals surface area contributed by atoms with Gasteiger partial charge in [0.25, 0.3) is 0 Å². The van der Waals surface area contributed by atoms with E-state index in [1.165, 1.54) is 21.2 Å². The Hall–Kier alpha value is -1.85. The zero-order valence-corrected chi connectivity index (χ0v) is 28.5. The van der Waals surface area contributed by atoms with Gasteiger partial charge in [-0.1, -0.05) is 135 Å². The Labute approximate surface area is 264 Å². The van der Waals surface area contributed by atoms with Crippen molar-refractivity contribution >= 4 is 56.6 Å². The number of methoxy groups -OCH3 is 1. The van der Waals surface area contributed by atoms with Gasteiger partial charge >= 0.3 is 35.1 Å². The molecule has 5 heteroatoms. The molecule has 0 unspecified atom stereocenters. The van der Waals surface area contributed by atoms with Crippen LogP contribution in [0.3, 0.4) is 0 Å². The molecule has 208 valence electrons. The zero-order valence-electron chi connectivity index (χ0n) is 23.0. The van der Waals surface area contributed by atoms with E-state index in [9.17, 15) is 0 Å². The number of hydrogen-bond donors (Lipinski definition) is 0. The zero-order chi connectivity index (χ0) is 28.6. The van der Waals surface area contributed by atoms with Crippen LogP contribution in [-0.2, 0) is 15.6 Å². The van der Waals surface area contributed by atoms with Crippen LogP contribution in [-0.4, -0.2) is 18.4 Å². The van der Waals surface area contributed by atoms with E-state index >= 15 is 0 Å². The van der Waals surface area contributed by atoms with Gasteiger partial charge in [0.05, 0.1) is 7.11 Å². The van der Waals surface area contributed by atoms with E-state index in [0.29, 0.717) is 11.3 Å². The molecular formula is C35H35IOP2Pd. The first-order valence-electron chi connectivity index (χ1n) is 13.1. The average Bonchev–Trinajstić information content (AvgIpc) is 3.05. The molecule has 0 heterocycles. The van der Waals surface area contributed by atoms with Gasteiger partial charge in [-0.05, 0) is 48.4 Å². The van der Waals surface area contributed by atoms with E-state index in [-0.39, 0.29) is 0 Å². The van der Waals surface area contributed by atoms with Gasteiger partial charge < -0.3 is 4.74 Å². The molecule has 0 amide bonds. The molecule has 0 radical (unpaired) electrons. The number of benzene rings is 5. The Morgan fingerprint density at radius 2 is 0.825 bits per heavy atom. The molecule has 0 spiro atoms. The van der Waals surface area contributed by atoms with E-state index in [4.69, 9.17) is 4.74 Å². The van der Waals surface area contributed by atoms with Gasteiger partial charge in [-0.25, -0.2) is 0 Å². The second kappa shape index (κ2) is 18.6. The second-order valence-electron chi connectivity index (χ2n) is 8.99. The predicted octanol–water partition coefficient (Wildman–Crippen LogP) is 8.41. The molecule has 0 N–H and O–H groups in total. The van der Waals surface area contributed by atoms with Crippen molar-refractivity contribution in [1.82, 2.24) is 0 Å². The van der Waals surface area contributed by atoms with Crippen LogP contribution in [0.1, 0.15) is 13.8 Å². The third kappa shape index (κ3) is 9.62. The van der Waals surface area contributed by atoms with Crippen LogP contribution in [0.15, 0.2) is 146 Å². The first-order chi connectivity index (χ1) is 19.7. The molecule has 5 aromatic rings. The van der Waals surface area contributed by atoms with Gasteiger partial charge in [-0.15, -0.1) is 12.1 Å². The van der Waals surface area contributed by atoms with Crippen molar-refractivity contribution in [2.45, 2.75) is 25.2 Å². The van der Waals surface area contributed by atoms with E-state index < -0.39 is 15.8 Å². The Bertz CT molecular complexity index is 1160. The number of halogens is 1. The standard InChI is InChI=1S/C28H28P2.C7H7O.HI.Pd/c1-23(29(25-15-7-3-8-16-25)26-17-9-4-10-18-26)24(2)30(27-19-11-5-12-20-27)28-21-13-6-14-22-28;1-8-7-5-3-2-4-6-7;;/h3-24H,1-2H3;2-5H,1H3;1H;/q;-1;;+2/p-1/t23-,24-;;;/m1.../s1. The van der Waals surface area contributed by atoms with E-state index in [0.717, 1.165) is 5.75 Å². The van der Waals surface area contributed by atoms with Crippen molar-refractivity contribution < 1.29 is 20.3 Å². The molecule has 0 aliphatic rings. The Morgan fingerprint density at radius 3 is 1.05 bits per heavy atom. The third-order valence-electron chi connectivity index (χ3n) is 6.55. The third-order valence-corrected chi connectivity index (χ3v) is 12.7. The van der Waals surface area contributed by atoms with Crippen LogP contribution in [0.2, 0.25) is 0 Å². The van der Waals surface area contributed by atoms with Gasteiger partial charge in [0.1, 0.15) is 0 Å². The molecule has 1 nitrogen and oxygen atoms in total. The van der Waals surface area contributed by atoms with Crippen molar-refractivity contribution in [2.24, 2.45) is 0 Å². The fraction of sp³-hybridized carbons (Fsp3) is 0.143. The maximum absolute atomic E-state index is 4.86. The molecule has 5 rings (SSSR count). The number of para-hydroxylation sites is 1. The van der Waals surface area contributed by atoms with E-state index in [2.05, 4.69) is 157 Å². The Morgan fingerprint density at radius 1 is 0.525 bits per heavy atom. The van der Waals surface area contributed by atoms with Gasteiger partial charge in [0.15, 0.2) is 0 Å². The molecule has 0 bridgehead atoms. The summed E-state index contributed by atoms with van der Waals surface area (Å²) in [6.45, 7) is 4.94. The molecule has 0 saturated heterocycles. The summed E-state index contributed by atoms with van der Waals surface area (Å²) in [5, 5.41) is 5.87. The van der Waals surface area contributed by atoms with Crippen LogP contribution < -0.4 is 26.0 Å². The minimum atomic E-state index is -0.448. The van der Waals surface area contributed by atoms with Crippen molar-refractivity contribution in [3.05, 3.63) is 152 Å². The summed E-state index contributed by atoms with van der Waals surface area (Å²) in [4.78, 5) is 0. The molecule has 0 aromatic heterocycles. The maximum atomic E-state index is 4.86. The summed E-state index contributed by atoms with van der Waals surface area (Å²) in [5.41, 5.74) is 1.10.